The molecule has 1 N–H and O–H groups in total. The van der Waals surface area contributed by atoms with Gasteiger partial charge in [0, 0.05) is 0 Å². The zero-order valence-electron chi connectivity index (χ0n) is 5.53. The first-order chi connectivity index (χ1) is 5.29. The van der Waals surface area contributed by atoms with E-state index < -0.39 is 0 Å². The van der Waals surface area contributed by atoms with Crippen LogP contribution in [0.2, 0.25) is 0 Å². The van der Waals surface area contributed by atoms with Gasteiger partial charge in [-0.15, -0.1) is 5.10 Å². The van der Waals surface area contributed by atoms with E-state index in [1.165, 1.54) is 3.71 Å². The third-order valence-electron chi connectivity index (χ3n) is 1.53. The standard InChI is InChI=1S/C7H5BrN2O/c8-10-6-4-2-1-3-5(6)7(11)9-10/h1-4H,(H,9,11). The lowest BCUT2D eigenvalue weighted by Gasteiger charge is -1.87. The van der Waals surface area contributed by atoms with E-state index in [0.717, 1.165) is 10.9 Å². The molecule has 0 spiro atoms. The Kier molecular flexibility index (Phi) is 1.35. The van der Waals surface area contributed by atoms with Crippen LogP contribution in [0.5, 0.6) is 5.88 Å². The predicted octanol–water partition coefficient (Wildman–Crippen LogP) is 1.90. The molecular formula is C7H5BrN2O. The van der Waals surface area contributed by atoms with Gasteiger partial charge in [0.05, 0.1) is 27.1 Å². The van der Waals surface area contributed by atoms with Gasteiger partial charge in [0.15, 0.2) is 0 Å². The van der Waals surface area contributed by atoms with E-state index in [-0.39, 0.29) is 5.88 Å². The highest BCUT2D eigenvalue weighted by atomic mass is 79.9. The summed E-state index contributed by atoms with van der Waals surface area (Å²) >= 11 is 3.16. The molecule has 0 saturated heterocycles. The molecule has 0 radical (unpaired) electrons. The first-order valence-corrected chi connectivity index (χ1v) is 3.83. The maximum absolute atomic E-state index is 9.23. The molecule has 0 fully saturated rings. The van der Waals surface area contributed by atoms with Gasteiger partial charge in [-0.2, -0.15) is 3.71 Å². The predicted molar refractivity (Wildman–Crippen MR) is 45.7 cm³/mol. The summed E-state index contributed by atoms with van der Waals surface area (Å²) in [7, 11) is 0. The first-order valence-electron chi connectivity index (χ1n) is 3.12. The van der Waals surface area contributed by atoms with E-state index in [0.29, 0.717) is 0 Å². The van der Waals surface area contributed by atoms with Gasteiger partial charge in [-0.25, -0.2) is 0 Å². The van der Waals surface area contributed by atoms with Crippen molar-refractivity contribution >= 4 is 27.1 Å². The summed E-state index contributed by atoms with van der Waals surface area (Å²) in [4.78, 5) is 0. The minimum Gasteiger partial charge on any atom is -0.492 e. The smallest absolute Gasteiger partial charge is 0.239 e. The first kappa shape index (κ1) is 6.67. The number of hydrogen-bond acceptors (Lipinski definition) is 2. The summed E-state index contributed by atoms with van der Waals surface area (Å²) in [6.45, 7) is 0. The van der Waals surface area contributed by atoms with Gasteiger partial charge in [-0.05, 0) is 12.1 Å². The molecular weight excluding hydrogens is 208 g/mol. The zero-order valence-corrected chi connectivity index (χ0v) is 7.12. The van der Waals surface area contributed by atoms with Crippen molar-refractivity contribution in [3.05, 3.63) is 24.3 Å². The molecule has 0 saturated carbocycles. The molecule has 0 amide bonds. The summed E-state index contributed by atoms with van der Waals surface area (Å²) in [6.07, 6.45) is 0. The number of para-hydroxylation sites is 1. The second-order valence-corrected chi connectivity index (χ2v) is 2.87. The Morgan fingerprint density at radius 1 is 1.36 bits per heavy atom. The Morgan fingerprint density at radius 2 is 2.09 bits per heavy atom. The molecule has 2 aromatic rings. The van der Waals surface area contributed by atoms with E-state index in [4.69, 9.17) is 0 Å². The second-order valence-electron chi connectivity index (χ2n) is 2.20. The van der Waals surface area contributed by atoms with Crippen LogP contribution in [0, 0.1) is 0 Å². The molecule has 1 aromatic carbocycles. The number of nitrogens with zero attached hydrogens (tertiary/aromatic N) is 2. The van der Waals surface area contributed by atoms with Crippen molar-refractivity contribution in [1.82, 2.24) is 8.81 Å². The lowest BCUT2D eigenvalue weighted by atomic mass is 10.2. The van der Waals surface area contributed by atoms with Gasteiger partial charge >= 0.3 is 0 Å². The van der Waals surface area contributed by atoms with Gasteiger partial charge in [0.2, 0.25) is 5.88 Å². The van der Waals surface area contributed by atoms with Crippen molar-refractivity contribution in [3.8, 4) is 5.88 Å². The number of rotatable bonds is 0. The molecule has 0 unspecified atom stereocenters. The minimum atomic E-state index is 0.0532. The van der Waals surface area contributed by atoms with E-state index in [2.05, 4.69) is 21.2 Å². The maximum atomic E-state index is 9.23. The van der Waals surface area contributed by atoms with Gasteiger partial charge in [0.25, 0.3) is 0 Å². The van der Waals surface area contributed by atoms with Crippen molar-refractivity contribution in [2.45, 2.75) is 0 Å². The van der Waals surface area contributed by atoms with Crippen LogP contribution in [0.1, 0.15) is 0 Å². The van der Waals surface area contributed by atoms with E-state index in [1.54, 1.807) is 0 Å². The monoisotopic (exact) mass is 212 g/mol. The molecule has 0 aliphatic carbocycles. The second kappa shape index (κ2) is 2.23. The Morgan fingerprint density at radius 3 is 2.82 bits per heavy atom. The van der Waals surface area contributed by atoms with Crippen LogP contribution in [0.15, 0.2) is 24.3 Å². The molecule has 1 aromatic heterocycles. The highest BCUT2D eigenvalue weighted by Crippen LogP contribution is 2.23. The molecule has 0 bridgehead atoms. The summed E-state index contributed by atoms with van der Waals surface area (Å²) in [6, 6.07) is 7.43. The molecule has 0 atom stereocenters. The van der Waals surface area contributed by atoms with Crippen LogP contribution in [-0.4, -0.2) is 13.9 Å². The fourth-order valence-corrected chi connectivity index (χ4v) is 1.47. The van der Waals surface area contributed by atoms with Crippen LogP contribution in [-0.2, 0) is 0 Å². The van der Waals surface area contributed by atoms with Crippen molar-refractivity contribution in [3.63, 3.8) is 0 Å². The van der Waals surface area contributed by atoms with E-state index >= 15 is 0 Å². The van der Waals surface area contributed by atoms with Gasteiger partial charge < -0.3 is 5.11 Å². The Labute approximate surface area is 71.6 Å². The number of aromatic nitrogens is 2. The number of benzene rings is 1. The SMILES string of the molecule is Oc1nn(Br)c2ccccc12. The number of hydrogen-bond donors (Lipinski definition) is 1. The van der Waals surface area contributed by atoms with Gasteiger partial charge in [0.1, 0.15) is 0 Å². The quantitative estimate of drug-likeness (QED) is 0.725. The van der Waals surface area contributed by atoms with Crippen LogP contribution in [0.25, 0.3) is 10.9 Å². The Balaban J connectivity index is 2.95. The highest BCUT2D eigenvalue weighted by molar-refractivity contribution is 9.08. The fourth-order valence-electron chi connectivity index (χ4n) is 1.01. The topological polar surface area (TPSA) is 38.1 Å². The Hall–Kier alpha value is -1.03. The number of aromatic hydroxyl groups is 1. The molecule has 3 nitrogen and oxygen atoms in total. The maximum Gasteiger partial charge on any atom is 0.239 e. The number of halogens is 1. The summed E-state index contributed by atoms with van der Waals surface area (Å²) in [5.74, 6) is 0.0532. The van der Waals surface area contributed by atoms with Crippen LogP contribution < -0.4 is 0 Å². The summed E-state index contributed by atoms with van der Waals surface area (Å²) in [5.41, 5.74) is 0.866. The normalized spacial score (nSPS) is 10.6. The average molecular weight is 213 g/mol. The van der Waals surface area contributed by atoms with Crippen molar-refractivity contribution < 1.29 is 5.11 Å². The third kappa shape index (κ3) is 0.903. The Bertz CT molecular complexity index is 360. The minimum absolute atomic E-state index is 0.0532. The molecule has 11 heavy (non-hydrogen) atoms. The van der Waals surface area contributed by atoms with Crippen molar-refractivity contribution in [1.29, 1.82) is 0 Å². The lowest BCUT2D eigenvalue weighted by molar-refractivity contribution is 0.456. The number of fused-ring (bicyclic) bond motifs is 1. The lowest BCUT2D eigenvalue weighted by Crippen LogP contribution is -1.78. The van der Waals surface area contributed by atoms with Crippen LogP contribution in [0.4, 0.5) is 0 Å². The molecule has 0 aliphatic heterocycles. The van der Waals surface area contributed by atoms with Crippen LogP contribution >= 0.6 is 16.1 Å². The highest BCUT2D eigenvalue weighted by Gasteiger charge is 2.04. The van der Waals surface area contributed by atoms with Gasteiger partial charge in [-0.1, -0.05) is 12.1 Å². The van der Waals surface area contributed by atoms with Gasteiger partial charge in [-0.3, -0.25) is 0 Å². The zero-order chi connectivity index (χ0) is 7.84. The fraction of sp³-hybridized carbons (Fsp3) is 0. The molecule has 2 rings (SSSR count). The molecule has 56 valence electrons. The van der Waals surface area contributed by atoms with Crippen molar-refractivity contribution in [2.75, 3.05) is 0 Å². The average Bonchev–Trinajstić information content (AvgIpc) is 2.30. The van der Waals surface area contributed by atoms with E-state index in [1.807, 2.05) is 24.3 Å². The summed E-state index contributed by atoms with van der Waals surface area (Å²) in [5, 5.41) is 13.8. The largest absolute Gasteiger partial charge is 0.492 e. The molecule has 4 heteroatoms. The third-order valence-corrected chi connectivity index (χ3v) is 2.07. The van der Waals surface area contributed by atoms with Crippen molar-refractivity contribution in [2.24, 2.45) is 0 Å². The molecule has 1 heterocycles. The van der Waals surface area contributed by atoms with Crippen LogP contribution in [0.3, 0.4) is 0 Å². The summed E-state index contributed by atoms with van der Waals surface area (Å²) < 4.78 is 1.47. The molecule has 0 aliphatic rings. The van der Waals surface area contributed by atoms with E-state index in [9.17, 15) is 5.11 Å².